The summed E-state index contributed by atoms with van der Waals surface area (Å²) in [5.74, 6) is 1.78. The van der Waals surface area contributed by atoms with Gasteiger partial charge in [-0.15, -0.1) is 0 Å². The highest BCUT2D eigenvalue weighted by atomic mass is 35.5. The number of benzene rings is 2. The number of rotatable bonds is 13. The number of amides is 1. The number of fused-ring (bicyclic) bond motifs is 2. The molecule has 4 rings (SSSR count). The molecule has 0 atom stereocenters. The Morgan fingerprint density at radius 1 is 1.16 bits per heavy atom. The lowest BCUT2D eigenvalue weighted by atomic mass is 9.92. The molecule has 0 aliphatic heterocycles. The fourth-order valence-corrected chi connectivity index (χ4v) is 7.72. The minimum atomic E-state index is 0.577. The maximum absolute atomic E-state index is 12.1. The summed E-state index contributed by atoms with van der Waals surface area (Å²) in [4.78, 5) is 20.2. The molecule has 3 aromatic rings. The molecule has 0 radical (unpaired) electrons. The lowest BCUT2D eigenvalue weighted by Crippen LogP contribution is -2.21. The first kappa shape index (κ1) is 28.8. The van der Waals surface area contributed by atoms with Crippen LogP contribution in [0, 0.1) is 5.92 Å². The van der Waals surface area contributed by atoms with Crippen molar-refractivity contribution in [3.8, 4) is 0 Å². The molecular weight excluding hydrogens is 530 g/mol. The van der Waals surface area contributed by atoms with Gasteiger partial charge in [-0.05, 0) is 80.7 Å². The zero-order valence-electron chi connectivity index (χ0n) is 22.6. The fourth-order valence-electron chi connectivity index (χ4n) is 4.76. The zero-order valence-corrected chi connectivity index (χ0v) is 25.0. The van der Waals surface area contributed by atoms with E-state index in [2.05, 4.69) is 44.3 Å². The van der Waals surface area contributed by atoms with Crippen molar-refractivity contribution < 1.29 is 4.79 Å². The minimum absolute atomic E-state index is 0.577. The van der Waals surface area contributed by atoms with E-state index in [1.807, 2.05) is 56.8 Å². The summed E-state index contributed by atoms with van der Waals surface area (Å²) >= 11 is 6.31. The largest absolute Gasteiger partial charge is 0.384 e. The van der Waals surface area contributed by atoms with E-state index < -0.39 is 0 Å². The van der Waals surface area contributed by atoms with E-state index in [9.17, 15) is 4.79 Å². The van der Waals surface area contributed by atoms with Crippen LogP contribution < -0.4 is 5.32 Å². The third-order valence-electron chi connectivity index (χ3n) is 6.97. The molecule has 0 bridgehead atoms. The molecular formula is C31H38ClN3OS2. The number of pyridine rings is 1. The maximum Gasteiger partial charge on any atom is 0.214 e. The molecule has 1 aliphatic carbocycles. The van der Waals surface area contributed by atoms with Crippen LogP contribution in [0.5, 0.6) is 0 Å². The number of carbonyl (C=O) groups excluding carboxylic acids is 1. The smallest absolute Gasteiger partial charge is 0.214 e. The zero-order chi connectivity index (χ0) is 26.9. The average Bonchev–Trinajstić information content (AvgIpc) is 2.92. The summed E-state index contributed by atoms with van der Waals surface area (Å²) in [5, 5.41) is 5.64. The molecule has 1 amide bonds. The van der Waals surface area contributed by atoms with E-state index in [0.717, 1.165) is 65.2 Å². The fraction of sp³-hybridized carbons (Fsp3) is 0.419. The minimum Gasteiger partial charge on any atom is -0.384 e. The Morgan fingerprint density at radius 3 is 2.71 bits per heavy atom. The molecule has 0 fully saturated rings. The Morgan fingerprint density at radius 2 is 1.95 bits per heavy atom. The number of hydrogen-bond donors (Lipinski definition) is 1. The molecule has 0 saturated heterocycles. The topological polar surface area (TPSA) is 45.2 Å². The van der Waals surface area contributed by atoms with Crippen LogP contribution in [0.25, 0.3) is 10.9 Å². The molecule has 1 N–H and O–H groups in total. The van der Waals surface area contributed by atoms with Crippen LogP contribution in [0.1, 0.15) is 63.3 Å². The predicted molar refractivity (Wildman–Crippen MR) is 167 cm³/mol. The number of anilines is 1. The summed E-state index contributed by atoms with van der Waals surface area (Å²) < 4.78 is 0. The van der Waals surface area contributed by atoms with Gasteiger partial charge in [0.2, 0.25) is 6.41 Å². The van der Waals surface area contributed by atoms with Gasteiger partial charge in [-0.3, -0.25) is 9.78 Å². The van der Waals surface area contributed by atoms with E-state index in [1.165, 1.54) is 41.1 Å². The molecule has 1 heterocycles. The molecule has 202 valence electrons. The van der Waals surface area contributed by atoms with Crippen LogP contribution in [-0.4, -0.2) is 28.6 Å². The number of nitrogens with zero attached hydrogens (tertiary/aromatic N) is 2. The van der Waals surface area contributed by atoms with Crippen LogP contribution in [0.2, 0.25) is 5.02 Å². The van der Waals surface area contributed by atoms with Gasteiger partial charge in [0.25, 0.3) is 0 Å². The van der Waals surface area contributed by atoms with E-state index in [0.29, 0.717) is 12.5 Å². The highest BCUT2D eigenvalue weighted by Gasteiger charge is 2.19. The van der Waals surface area contributed by atoms with Gasteiger partial charge in [-0.1, -0.05) is 77.4 Å². The summed E-state index contributed by atoms with van der Waals surface area (Å²) in [5.41, 5.74) is 6.87. The van der Waals surface area contributed by atoms with Gasteiger partial charge in [-0.25, -0.2) is 0 Å². The molecule has 0 spiro atoms. The number of hydrogen-bond acceptors (Lipinski definition) is 5. The van der Waals surface area contributed by atoms with Crippen molar-refractivity contribution in [1.29, 1.82) is 0 Å². The Hall–Kier alpha value is -2.15. The van der Waals surface area contributed by atoms with Gasteiger partial charge >= 0.3 is 0 Å². The average molecular weight is 568 g/mol. The van der Waals surface area contributed by atoms with E-state index in [-0.39, 0.29) is 0 Å². The summed E-state index contributed by atoms with van der Waals surface area (Å²) in [6.07, 6.45) is 7.45. The molecule has 38 heavy (non-hydrogen) atoms. The standard InChI is InChI=1S/C31H38ClN3OS2/c1-22(2)16-18-37-38-30(23(3)35(21-36)20-24-9-5-4-6-10-24)15-17-33-31-26-11-7-8-12-28(26)34-29-19-25(32)13-14-27(29)31/h4-6,9-10,13-14,19,21-22H,7-8,11-12,15-18,20H2,1-3H3,(H,33,34). The predicted octanol–water partition coefficient (Wildman–Crippen LogP) is 8.89. The van der Waals surface area contributed by atoms with Crippen LogP contribution >= 0.6 is 33.2 Å². The Balaban J connectivity index is 1.55. The van der Waals surface area contributed by atoms with Crippen LogP contribution in [-0.2, 0) is 24.2 Å². The van der Waals surface area contributed by atoms with Gasteiger partial charge in [-0.2, -0.15) is 0 Å². The van der Waals surface area contributed by atoms with Gasteiger partial charge in [0.05, 0.1) is 12.1 Å². The molecule has 1 aliphatic rings. The number of aryl methyl sites for hydroxylation is 1. The highest BCUT2D eigenvalue weighted by molar-refractivity contribution is 8.78. The molecule has 0 unspecified atom stereocenters. The Bertz CT molecular complexity index is 1260. The van der Waals surface area contributed by atoms with Crippen LogP contribution in [0.15, 0.2) is 59.1 Å². The molecule has 2 aromatic carbocycles. The van der Waals surface area contributed by atoms with Crippen molar-refractivity contribution in [2.75, 3.05) is 17.6 Å². The first-order chi connectivity index (χ1) is 18.5. The molecule has 1 aromatic heterocycles. The van der Waals surface area contributed by atoms with Gasteiger partial charge in [0.1, 0.15) is 0 Å². The van der Waals surface area contributed by atoms with E-state index in [1.54, 1.807) is 0 Å². The first-order valence-corrected chi connectivity index (χ1v) is 16.3. The lowest BCUT2D eigenvalue weighted by molar-refractivity contribution is -0.116. The second kappa shape index (κ2) is 14.3. The van der Waals surface area contributed by atoms with Gasteiger partial charge in [0.15, 0.2) is 0 Å². The second-order valence-corrected chi connectivity index (χ2v) is 13.2. The Labute approximate surface area is 240 Å². The highest BCUT2D eigenvalue weighted by Crippen LogP contribution is 2.38. The number of halogens is 1. The van der Waals surface area contributed by atoms with Crippen molar-refractivity contribution in [3.05, 3.63) is 81.0 Å². The number of carbonyl (C=O) groups is 1. The van der Waals surface area contributed by atoms with Gasteiger partial charge in [0, 0.05) is 44.7 Å². The van der Waals surface area contributed by atoms with Gasteiger partial charge < -0.3 is 10.2 Å². The van der Waals surface area contributed by atoms with Crippen molar-refractivity contribution >= 4 is 56.2 Å². The SMILES string of the molecule is CC(=C(CCNc1c2c(nc3cc(Cl)ccc13)CCCC2)SSCCC(C)C)N(C=O)Cc1ccccc1. The number of aromatic nitrogens is 1. The quantitative estimate of drug-likeness (QED) is 0.127. The van der Waals surface area contributed by atoms with Crippen molar-refractivity contribution in [2.24, 2.45) is 5.92 Å². The number of allylic oxidation sites excluding steroid dienone is 1. The monoisotopic (exact) mass is 567 g/mol. The van der Waals surface area contributed by atoms with Crippen LogP contribution in [0.4, 0.5) is 5.69 Å². The lowest BCUT2D eigenvalue weighted by Gasteiger charge is -2.24. The van der Waals surface area contributed by atoms with Crippen molar-refractivity contribution in [3.63, 3.8) is 0 Å². The number of nitrogens with one attached hydrogen (secondary N) is 1. The normalized spacial score (nSPS) is 13.8. The first-order valence-electron chi connectivity index (χ1n) is 13.6. The summed E-state index contributed by atoms with van der Waals surface area (Å²) in [6.45, 7) is 7.97. The van der Waals surface area contributed by atoms with Crippen molar-refractivity contribution in [2.45, 2.75) is 65.8 Å². The molecule has 4 nitrogen and oxygen atoms in total. The maximum atomic E-state index is 12.1. The van der Waals surface area contributed by atoms with E-state index in [4.69, 9.17) is 16.6 Å². The third kappa shape index (κ3) is 7.71. The second-order valence-electron chi connectivity index (χ2n) is 10.3. The molecule has 0 saturated carbocycles. The summed E-state index contributed by atoms with van der Waals surface area (Å²) in [6, 6.07) is 16.2. The Kier molecular flexibility index (Phi) is 10.9. The third-order valence-corrected chi connectivity index (χ3v) is 9.89. The van der Waals surface area contributed by atoms with Crippen LogP contribution in [0.3, 0.4) is 0 Å². The van der Waals surface area contributed by atoms with Crippen molar-refractivity contribution in [1.82, 2.24) is 9.88 Å². The summed E-state index contributed by atoms with van der Waals surface area (Å²) in [7, 11) is 3.71. The molecule has 7 heteroatoms. The van der Waals surface area contributed by atoms with E-state index >= 15 is 0 Å².